The van der Waals surface area contributed by atoms with Crippen molar-refractivity contribution in [3.63, 3.8) is 0 Å². The highest BCUT2D eigenvalue weighted by atomic mass is 19.1. The SMILES string of the molecule is CON(C)C(=O)Nc1c(C)cccc1F. The number of hydrogen-bond acceptors (Lipinski definition) is 2. The molecule has 0 saturated carbocycles. The van der Waals surface area contributed by atoms with Gasteiger partial charge in [0.2, 0.25) is 0 Å². The summed E-state index contributed by atoms with van der Waals surface area (Å²) in [7, 11) is 2.79. The molecule has 0 heterocycles. The normalized spacial score (nSPS) is 9.87. The summed E-state index contributed by atoms with van der Waals surface area (Å²) >= 11 is 0. The zero-order valence-electron chi connectivity index (χ0n) is 8.87. The third kappa shape index (κ3) is 2.66. The van der Waals surface area contributed by atoms with E-state index in [-0.39, 0.29) is 5.69 Å². The highest BCUT2D eigenvalue weighted by Gasteiger charge is 2.12. The first-order valence-electron chi connectivity index (χ1n) is 4.40. The number of carbonyl (C=O) groups excluding carboxylic acids is 1. The molecule has 0 bridgehead atoms. The summed E-state index contributed by atoms with van der Waals surface area (Å²) in [6.45, 7) is 1.71. The van der Waals surface area contributed by atoms with Gasteiger partial charge >= 0.3 is 6.03 Å². The number of nitrogens with one attached hydrogen (secondary N) is 1. The van der Waals surface area contributed by atoms with Crippen molar-refractivity contribution in [1.82, 2.24) is 5.06 Å². The number of urea groups is 1. The average Bonchev–Trinajstić information content (AvgIpc) is 2.22. The summed E-state index contributed by atoms with van der Waals surface area (Å²) in [5.74, 6) is -0.465. The van der Waals surface area contributed by atoms with Crippen LogP contribution in [0.3, 0.4) is 0 Å². The largest absolute Gasteiger partial charge is 0.345 e. The standard InChI is InChI=1S/C10H13FN2O2/c1-7-5-4-6-8(11)9(7)12-10(14)13(2)15-3/h4-6H,1-3H3,(H,12,14). The summed E-state index contributed by atoms with van der Waals surface area (Å²) in [5.41, 5.74) is 0.833. The van der Waals surface area contributed by atoms with Crippen molar-refractivity contribution < 1.29 is 14.0 Å². The first-order valence-corrected chi connectivity index (χ1v) is 4.40. The van der Waals surface area contributed by atoms with E-state index in [1.165, 1.54) is 20.2 Å². The van der Waals surface area contributed by atoms with E-state index in [1.807, 2.05) is 0 Å². The zero-order valence-corrected chi connectivity index (χ0v) is 8.87. The van der Waals surface area contributed by atoms with Crippen LogP contribution in [0.25, 0.3) is 0 Å². The van der Waals surface area contributed by atoms with Gasteiger partial charge in [0.25, 0.3) is 0 Å². The van der Waals surface area contributed by atoms with E-state index in [0.717, 1.165) is 5.06 Å². The Labute approximate surface area is 87.6 Å². The molecule has 2 amide bonds. The molecule has 0 aliphatic rings. The maximum Gasteiger partial charge on any atom is 0.345 e. The molecule has 1 rings (SSSR count). The molecule has 0 unspecified atom stereocenters. The summed E-state index contributed by atoms with van der Waals surface area (Å²) in [6.07, 6.45) is 0. The molecule has 1 N–H and O–H groups in total. The number of carbonyl (C=O) groups is 1. The highest BCUT2D eigenvalue weighted by molar-refractivity contribution is 5.89. The van der Waals surface area contributed by atoms with Gasteiger partial charge in [0.15, 0.2) is 0 Å². The molecule has 0 atom stereocenters. The van der Waals surface area contributed by atoms with Crippen molar-refractivity contribution >= 4 is 11.7 Å². The van der Waals surface area contributed by atoms with Gasteiger partial charge in [0, 0.05) is 7.05 Å². The molecule has 1 aromatic rings. The third-order valence-electron chi connectivity index (χ3n) is 2.01. The van der Waals surface area contributed by atoms with E-state index in [1.54, 1.807) is 19.1 Å². The number of nitrogens with zero attached hydrogens (tertiary/aromatic N) is 1. The van der Waals surface area contributed by atoms with Crippen LogP contribution in [-0.4, -0.2) is 25.3 Å². The Hall–Kier alpha value is -1.62. The van der Waals surface area contributed by atoms with Crippen molar-refractivity contribution in [2.24, 2.45) is 0 Å². The van der Waals surface area contributed by atoms with Crippen molar-refractivity contribution in [3.05, 3.63) is 29.6 Å². The molecule has 0 aromatic heterocycles. The second-order valence-corrected chi connectivity index (χ2v) is 3.04. The van der Waals surface area contributed by atoms with Crippen LogP contribution >= 0.6 is 0 Å². The van der Waals surface area contributed by atoms with Gasteiger partial charge in [0.05, 0.1) is 12.8 Å². The van der Waals surface area contributed by atoms with Crippen molar-refractivity contribution in [2.75, 3.05) is 19.5 Å². The molecule has 0 radical (unpaired) electrons. The Kier molecular flexibility index (Phi) is 3.62. The van der Waals surface area contributed by atoms with Gasteiger partial charge < -0.3 is 5.32 Å². The Morgan fingerprint density at radius 2 is 2.20 bits per heavy atom. The maximum absolute atomic E-state index is 13.3. The van der Waals surface area contributed by atoms with E-state index < -0.39 is 11.8 Å². The number of amides is 2. The molecule has 5 heteroatoms. The highest BCUT2D eigenvalue weighted by Crippen LogP contribution is 2.18. The first-order chi connectivity index (χ1) is 7.06. The van der Waals surface area contributed by atoms with Gasteiger partial charge in [-0.1, -0.05) is 12.1 Å². The lowest BCUT2D eigenvalue weighted by Gasteiger charge is -2.16. The Bertz CT molecular complexity index is 348. The molecule has 82 valence electrons. The molecule has 0 spiro atoms. The Morgan fingerprint density at radius 1 is 1.53 bits per heavy atom. The first kappa shape index (κ1) is 11.5. The average molecular weight is 212 g/mol. The smallest absolute Gasteiger partial charge is 0.303 e. The molecule has 0 aliphatic carbocycles. The van der Waals surface area contributed by atoms with Crippen LogP contribution in [0.1, 0.15) is 5.56 Å². The van der Waals surface area contributed by atoms with Gasteiger partial charge in [-0.3, -0.25) is 4.84 Å². The molecule has 1 aromatic carbocycles. The summed E-state index contributed by atoms with van der Waals surface area (Å²) in [5, 5.41) is 3.39. The lowest BCUT2D eigenvalue weighted by molar-refractivity contribution is -0.0598. The van der Waals surface area contributed by atoms with Crippen LogP contribution in [0.4, 0.5) is 14.9 Å². The predicted octanol–water partition coefficient (Wildman–Crippen LogP) is 2.16. The minimum Gasteiger partial charge on any atom is -0.303 e. The minimum atomic E-state index is -0.523. The van der Waals surface area contributed by atoms with E-state index in [4.69, 9.17) is 0 Å². The summed E-state index contributed by atoms with van der Waals surface area (Å²) < 4.78 is 13.3. The number of hydroxylamine groups is 2. The van der Waals surface area contributed by atoms with Crippen LogP contribution in [0.2, 0.25) is 0 Å². The lowest BCUT2D eigenvalue weighted by Crippen LogP contribution is -2.30. The van der Waals surface area contributed by atoms with Crippen LogP contribution in [0, 0.1) is 12.7 Å². The maximum atomic E-state index is 13.3. The van der Waals surface area contributed by atoms with Crippen LogP contribution in [0.5, 0.6) is 0 Å². The fourth-order valence-corrected chi connectivity index (χ4v) is 1.06. The molecular formula is C10H13FN2O2. The van der Waals surface area contributed by atoms with E-state index in [0.29, 0.717) is 5.56 Å². The quantitative estimate of drug-likeness (QED) is 0.763. The van der Waals surface area contributed by atoms with E-state index in [2.05, 4.69) is 10.2 Å². The third-order valence-corrected chi connectivity index (χ3v) is 2.01. The van der Waals surface area contributed by atoms with Gasteiger partial charge in [-0.2, -0.15) is 0 Å². The van der Waals surface area contributed by atoms with Crippen LogP contribution in [0.15, 0.2) is 18.2 Å². The Morgan fingerprint density at radius 3 is 2.73 bits per heavy atom. The Balaban J connectivity index is 2.85. The molecule has 0 fully saturated rings. The minimum absolute atomic E-state index is 0.173. The second kappa shape index (κ2) is 4.75. The van der Waals surface area contributed by atoms with E-state index in [9.17, 15) is 9.18 Å². The molecule has 4 nitrogen and oxygen atoms in total. The number of para-hydroxylation sites is 1. The molecule has 15 heavy (non-hydrogen) atoms. The number of hydrogen-bond donors (Lipinski definition) is 1. The lowest BCUT2D eigenvalue weighted by atomic mass is 10.2. The topological polar surface area (TPSA) is 41.6 Å². The number of anilines is 1. The van der Waals surface area contributed by atoms with Crippen LogP contribution in [-0.2, 0) is 4.84 Å². The van der Waals surface area contributed by atoms with Gasteiger partial charge in [-0.25, -0.2) is 14.2 Å². The predicted molar refractivity (Wildman–Crippen MR) is 54.9 cm³/mol. The molecule has 0 saturated heterocycles. The summed E-state index contributed by atoms with van der Waals surface area (Å²) in [6, 6.07) is 4.06. The number of aryl methyl sites for hydroxylation is 1. The van der Waals surface area contributed by atoms with Gasteiger partial charge in [0.1, 0.15) is 5.82 Å². The van der Waals surface area contributed by atoms with Crippen molar-refractivity contribution in [2.45, 2.75) is 6.92 Å². The number of rotatable bonds is 2. The monoisotopic (exact) mass is 212 g/mol. The van der Waals surface area contributed by atoms with Crippen LogP contribution < -0.4 is 5.32 Å². The number of benzene rings is 1. The van der Waals surface area contributed by atoms with Gasteiger partial charge in [-0.15, -0.1) is 0 Å². The number of halogens is 1. The fourth-order valence-electron chi connectivity index (χ4n) is 1.06. The fraction of sp³-hybridized carbons (Fsp3) is 0.300. The van der Waals surface area contributed by atoms with E-state index >= 15 is 0 Å². The van der Waals surface area contributed by atoms with Crippen molar-refractivity contribution in [3.8, 4) is 0 Å². The zero-order chi connectivity index (χ0) is 11.4. The molecular weight excluding hydrogens is 199 g/mol. The molecule has 0 aliphatic heterocycles. The second-order valence-electron chi connectivity index (χ2n) is 3.04. The summed E-state index contributed by atoms with van der Waals surface area (Å²) in [4.78, 5) is 16.0. The van der Waals surface area contributed by atoms with Gasteiger partial charge in [-0.05, 0) is 18.6 Å². The van der Waals surface area contributed by atoms with Crippen molar-refractivity contribution in [1.29, 1.82) is 0 Å².